The van der Waals surface area contributed by atoms with Gasteiger partial charge in [0.15, 0.2) is 5.58 Å². The minimum atomic E-state index is 0.638. The number of nitrogen functional groups attached to an aromatic ring is 1. The van der Waals surface area contributed by atoms with Crippen molar-refractivity contribution in [3.8, 4) is 11.5 Å². The van der Waals surface area contributed by atoms with E-state index in [9.17, 15) is 0 Å². The van der Waals surface area contributed by atoms with Crippen LogP contribution in [0.15, 0.2) is 40.8 Å². The summed E-state index contributed by atoms with van der Waals surface area (Å²) in [5.74, 6) is 0.638. The number of nitrogens with zero attached hydrogens (tertiary/aromatic N) is 1. The smallest absolute Gasteiger partial charge is 0.227 e. The number of oxazole rings is 1. The van der Waals surface area contributed by atoms with E-state index in [1.54, 1.807) is 0 Å². The first kappa shape index (κ1) is 10.8. The van der Waals surface area contributed by atoms with Crippen LogP contribution >= 0.6 is 0 Å². The van der Waals surface area contributed by atoms with Crippen LogP contribution in [0.4, 0.5) is 5.69 Å². The van der Waals surface area contributed by atoms with Gasteiger partial charge in [-0.3, -0.25) is 0 Å². The van der Waals surface area contributed by atoms with E-state index >= 15 is 0 Å². The highest BCUT2D eigenvalue weighted by Gasteiger charge is 2.10. The first-order valence-electron chi connectivity index (χ1n) is 5.87. The molecule has 0 aliphatic heterocycles. The fraction of sp³-hybridized carbons (Fsp3) is 0.133. The van der Waals surface area contributed by atoms with Gasteiger partial charge in [0.1, 0.15) is 5.52 Å². The van der Waals surface area contributed by atoms with Crippen LogP contribution in [0.1, 0.15) is 11.1 Å². The largest absolute Gasteiger partial charge is 0.436 e. The van der Waals surface area contributed by atoms with E-state index in [2.05, 4.69) is 11.9 Å². The molecule has 2 N–H and O–H groups in total. The second kappa shape index (κ2) is 3.88. The molecule has 0 aliphatic carbocycles. The van der Waals surface area contributed by atoms with Crippen LogP contribution in [-0.4, -0.2) is 4.98 Å². The lowest BCUT2D eigenvalue weighted by molar-refractivity contribution is 0.617. The van der Waals surface area contributed by atoms with Crippen molar-refractivity contribution in [2.24, 2.45) is 0 Å². The van der Waals surface area contributed by atoms with E-state index in [1.165, 1.54) is 5.56 Å². The Kier molecular flexibility index (Phi) is 2.33. The molecule has 0 radical (unpaired) electrons. The lowest BCUT2D eigenvalue weighted by atomic mass is 10.1. The molecule has 1 heterocycles. The van der Waals surface area contributed by atoms with Gasteiger partial charge in [-0.15, -0.1) is 0 Å². The van der Waals surface area contributed by atoms with Gasteiger partial charge in [-0.2, -0.15) is 0 Å². The number of aryl methyl sites for hydroxylation is 2. The highest BCUT2D eigenvalue weighted by Crippen LogP contribution is 2.28. The van der Waals surface area contributed by atoms with Crippen LogP contribution in [0.2, 0.25) is 0 Å². The maximum atomic E-state index is 5.81. The zero-order valence-electron chi connectivity index (χ0n) is 10.4. The highest BCUT2D eigenvalue weighted by molar-refractivity contribution is 5.82. The van der Waals surface area contributed by atoms with Crippen LogP contribution < -0.4 is 5.73 Å². The summed E-state index contributed by atoms with van der Waals surface area (Å²) >= 11 is 0. The van der Waals surface area contributed by atoms with Crippen molar-refractivity contribution in [2.75, 3.05) is 5.73 Å². The predicted octanol–water partition coefficient (Wildman–Crippen LogP) is 3.69. The molecule has 0 bridgehead atoms. The van der Waals surface area contributed by atoms with Gasteiger partial charge in [0.25, 0.3) is 0 Å². The Balaban J connectivity index is 2.19. The van der Waals surface area contributed by atoms with Crippen LogP contribution in [0, 0.1) is 13.8 Å². The van der Waals surface area contributed by atoms with E-state index < -0.39 is 0 Å². The first-order chi connectivity index (χ1) is 8.63. The molecule has 0 aliphatic rings. The van der Waals surface area contributed by atoms with Gasteiger partial charge >= 0.3 is 0 Å². The molecule has 90 valence electrons. The number of nitrogens with two attached hydrogens (primary N) is 1. The Hall–Kier alpha value is -2.29. The molecule has 0 unspecified atom stereocenters. The summed E-state index contributed by atoms with van der Waals surface area (Å²) in [5.41, 5.74) is 11.3. The summed E-state index contributed by atoms with van der Waals surface area (Å²) in [6.07, 6.45) is 0. The van der Waals surface area contributed by atoms with Crippen molar-refractivity contribution in [3.05, 3.63) is 47.5 Å². The summed E-state index contributed by atoms with van der Waals surface area (Å²) in [6.45, 7) is 4.03. The summed E-state index contributed by atoms with van der Waals surface area (Å²) in [6, 6.07) is 11.9. The molecule has 0 saturated heterocycles. The van der Waals surface area contributed by atoms with E-state index in [0.29, 0.717) is 11.6 Å². The molecule has 1 aromatic heterocycles. The van der Waals surface area contributed by atoms with Gasteiger partial charge in [-0.05, 0) is 43.7 Å². The third-order valence-corrected chi connectivity index (χ3v) is 3.00. The molecule has 18 heavy (non-hydrogen) atoms. The van der Waals surface area contributed by atoms with Gasteiger partial charge in [-0.1, -0.05) is 17.7 Å². The maximum absolute atomic E-state index is 5.81. The number of fused-ring (bicyclic) bond motifs is 1. The molecule has 0 amide bonds. The zero-order valence-corrected chi connectivity index (χ0v) is 10.4. The molecule has 0 spiro atoms. The van der Waals surface area contributed by atoms with Crippen LogP contribution in [-0.2, 0) is 0 Å². The monoisotopic (exact) mass is 238 g/mol. The highest BCUT2D eigenvalue weighted by atomic mass is 16.3. The second-order valence-electron chi connectivity index (χ2n) is 4.57. The topological polar surface area (TPSA) is 52.0 Å². The average Bonchev–Trinajstić information content (AvgIpc) is 2.74. The Labute approximate surface area is 105 Å². The van der Waals surface area contributed by atoms with E-state index in [4.69, 9.17) is 10.2 Å². The third kappa shape index (κ3) is 1.74. The molecule has 3 rings (SSSR count). The van der Waals surface area contributed by atoms with Crippen molar-refractivity contribution >= 4 is 16.8 Å². The van der Waals surface area contributed by atoms with Gasteiger partial charge in [0.05, 0.1) is 0 Å². The van der Waals surface area contributed by atoms with Crippen LogP contribution in [0.3, 0.4) is 0 Å². The molecule has 3 heteroatoms. The summed E-state index contributed by atoms with van der Waals surface area (Å²) in [7, 11) is 0. The molecule has 0 saturated carbocycles. The SMILES string of the molecule is Cc1ccc(-c2nc3cc(N)cc(C)c3o2)cc1. The lowest BCUT2D eigenvalue weighted by Crippen LogP contribution is -1.85. The molecular formula is C15H14N2O. The molecule has 0 atom stereocenters. The maximum Gasteiger partial charge on any atom is 0.227 e. The van der Waals surface area contributed by atoms with E-state index in [-0.39, 0.29) is 0 Å². The molecule has 0 fully saturated rings. The third-order valence-electron chi connectivity index (χ3n) is 3.00. The zero-order chi connectivity index (χ0) is 12.7. The van der Waals surface area contributed by atoms with Crippen molar-refractivity contribution in [1.29, 1.82) is 0 Å². The van der Waals surface area contributed by atoms with Gasteiger partial charge in [-0.25, -0.2) is 4.98 Å². The Morgan fingerprint density at radius 2 is 1.78 bits per heavy atom. The van der Waals surface area contributed by atoms with Gasteiger partial charge in [0.2, 0.25) is 5.89 Å². The van der Waals surface area contributed by atoms with Gasteiger partial charge < -0.3 is 10.2 Å². The second-order valence-corrected chi connectivity index (χ2v) is 4.57. The normalized spacial score (nSPS) is 11.0. The van der Waals surface area contributed by atoms with Crippen molar-refractivity contribution in [2.45, 2.75) is 13.8 Å². The molecule has 2 aromatic carbocycles. The van der Waals surface area contributed by atoms with E-state index in [0.717, 1.165) is 22.2 Å². The quantitative estimate of drug-likeness (QED) is 0.658. The average molecular weight is 238 g/mol. The number of benzene rings is 2. The van der Waals surface area contributed by atoms with Crippen LogP contribution in [0.5, 0.6) is 0 Å². The Morgan fingerprint density at radius 1 is 1.06 bits per heavy atom. The number of rotatable bonds is 1. The summed E-state index contributed by atoms with van der Waals surface area (Å²) in [5, 5.41) is 0. The number of anilines is 1. The predicted molar refractivity (Wildman–Crippen MR) is 73.3 cm³/mol. The van der Waals surface area contributed by atoms with Crippen molar-refractivity contribution < 1.29 is 4.42 Å². The fourth-order valence-corrected chi connectivity index (χ4v) is 2.05. The minimum Gasteiger partial charge on any atom is -0.436 e. The Bertz CT molecular complexity index is 711. The fourth-order valence-electron chi connectivity index (χ4n) is 2.05. The Morgan fingerprint density at radius 3 is 2.50 bits per heavy atom. The lowest BCUT2D eigenvalue weighted by Gasteiger charge is -1.96. The first-order valence-corrected chi connectivity index (χ1v) is 5.87. The summed E-state index contributed by atoms with van der Waals surface area (Å²) < 4.78 is 5.81. The standard InChI is InChI=1S/C15H14N2O/c1-9-3-5-11(6-4-9)15-17-13-8-12(16)7-10(2)14(13)18-15/h3-8H,16H2,1-2H3. The molecule has 3 nitrogen and oxygen atoms in total. The minimum absolute atomic E-state index is 0.638. The number of hydrogen-bond acceptors (Lipinski definition) is 3. The van der Waals surface area contributed by atoms with Crippen molar-refractivity contribution in [1.82, 2.24) is 4.98 Å². The van der Waals surface area contributed by atoms with Gasteiger partial charge in [0, 0.05) is 11.3 Å². The molecular weight excluding hydrogens is 224 g/mol. The number of hydrogen-bond donors (Lipinski definition) is 1. The molecule has 3 aromatic rings. The van der Waals surface area contributed by atoms with E-state index in [1.807, 2.05) is 43.3 Å². The number of aromatic nitrogens is 1. The van der Waals surface area contributed by atoms with Crippen LogP contribution in [0.25, 0.3) is 22.6 Å². The van der Waals surface area contributed by atoms with Crippen molar-refractivity contribution in [3.63, 3.8) is 0 Å². The summed E-state index contributed by atoms with van der Waals surface area (Å²) in [4.78, 5) is 4.49.